The van der Waals surface area contributed by atoms with Crippen LogP contribution >= 0.6 is 0 Å². The van der Waals surface area contributed by atoms with Crippen LogP contribution in [0, 0.1) is 0 Å². The fourth-order valence-corrected chi connectivity index (χ4v) is 5.12. The summed E-state index contributed by atoms with van der Waals surface area (Å²) in [6.07, 6.45) is 3.56. The van der Waals surface area contributed by atoms with Crippen molar-refractivity contribution in [2.24, 2.45) is 5.73 Å². The van der Waals surface area contributed by atoms with Crippen LogP contribution in [0.25, 0.3) is 0 Å². The van der Waals surface area contributed by atoms with Crippen LogP contribution in [-0.4, -0.2) is 57.6 Å². The van der Waals surface area contributed by atoms with Crippen molar-refractivity contribution in [2.75, 3.05) is 38.7 Å². The third kappa shape index (κ3) is 4.26. The highest BCUT2D eigenvalue weighted by Crippen LogP contribution is 2.31. The van der Waals surface area contributed by atoms with E-state index in [0.29, 0.717) is 44.8 Å². The Bertz CT molecular complexity index is 784. The minimum absolute atomic E-state index is 0.0581. The number of anilines is 1. The first-order chi connectivity index (χ1) is 12.9. The van der Waals surface area contributed by atoms with Gasteiger partial charge < -0.3 is 20.5 Å². The Hall–Kier alpha value is -1.68. The van der Waals surface area contributed by atoms with Gasteiger partial charge >= 0.3 is 0 Å². The quantitative estimate of drug-likeness (QED) is 0.775. The third-order valence-corrected chi connectivity index (χ3v) is 7.11. The van der Waals surface area contributed by atoms with Crippen LogP contribution in [0.5, 0.6) is 5.75 Å². The van der Waals surface area contributed by atoms with E-state index in [1.165, 1.54) is 17.5 Å². The molecule has 9 heteroatoms. The molecule has 3 rings (SSSR count). The Morgan fingerprint density at radius 3 is 2.52 bits per heavy atom. The normalized spacial score (nSPS) is 20.8. The minimum atomic E-state index is -3.70. The lowest BCUT2D eigenvalue weighted by Gasteiger charge is -2.32. The molecule has 0 unspecified atom stereocenters. The zero-order valence-corrected chi connectivity index (χ0v) is 16.4. The van der Waals surface area contributed by atoms with Crippen LogP contribution in [0.2, 0.25) is 0 Å². The van der Waals surface area contributed by atoms with E-state index in [1.54, 1.807) is 12.1 Å². The maximum absolute atomic E-state index is 13.1. The van der Waals surface area contributed by atoms with Crippen molar-refractivity contribution in [3.8, 4) is 5.75 Å². The zero-order chi connectivity index (χ0) is 19.5. The number of benzene rings is 1. The molecular weight excluding hydrogens is 370 g/mol. The second-order valence-electron chi connectivity index (χ2n) is 7.05. The van der Waals surface area contributed by atoms with E-state index in [9.17, 15) is 13.2 Å². The molecule has 0 atom stereocenters. The molecule has 0 aliphatic carbocycles. The molecule has 1 aromatic carbocycles. The van der Waals surface area contributed by atoms with Crippen LogP contribution in [0.3, 0.4) is 0 Å². The number of nitrogens with one attached hydrogen (secondary N) is 1. The van der Waals surface area contributed by atoms with E-state index in [0.717, 1.165) is 19.3 Å². The highest BCUT2D eigenvalue weighted by atomic mass is 32.2. The molecule has 2 heterocycles. The molecule has 2 aliphatic heterocycles. The topological polar surface area (TPSA) is 111 Å². The predicted molar refractivity (Wildman–Crippen MR) is 101 cm³/mol. The molecule has 3 N–H and O–H groups in total. The van der Waals surface area contributed by atoms with Crippen molar-refractivity contribution in [3.63, 3.8) is 0 Å². The summed E-state index contributed by atoms with van der Waals surface area (Å²) in [5.41, 5.74) is 5.58. The van der Waals surface area contributed by atoms with Gasteiger partial charge in [0.1, 0.15) is 16.2 Å². The number of carbonyl (C=O) groups excluding carboxylic acids is 1. The van der Waals surface area contributed by atoms with Crippen LogP contribution in [0.1, 0.15) is 32.1 Å². The van der Waals surface area contributed by atoms with Gasteiger partial charge in [-0.3, -0.25) is 4.79 Å². The fraction of sp³-hybridized carbons (Fsp3) is 0.611. The Balaban J connectivity index is 1.86. The van der Waals surface area contributed by atoms with Gasteiger partial charge in [0.25, 0.3) is 0 Å². The van der Waals surface area contributed by atoms with E-state index < -0.39 is 15.6 Å². The molecule has 150 valence electrons. The smallest absolute Gasteiger partial charge is 0.246 e. The maximum Gasteiger partial charge on any atom is 0.246 e. The number of piperidine rings is 1. The molecule has 2 saturated heterocycles. The van der Waals surface area contributed by atoms with E-state index in [4.69, 9.17) is 15.2 Å². The second kappa shape index (κ2) is 8.14. The van der Waals surface area contributed by atoms with E-state index in [2.05, 4.69) is 5.32 Å². The summed E-state index contributed by atoms with van der Waals surface area (Å²) in [6.45, 7) is 1.85. The number of ether oxygens (including phenoxy) is 2. The molecule has 8 nitrogen and oxygen atoms in total. The molecule has 0 spiro atoms. The molecule has 0 radical (unpaired) electrons. The number of nitrogens with zero attached hydrogens (tertiary/aromatic N) is 1. The lowest BCUT2D eigenvalue weighted by molar-refractivity contribution is -0.124. The molecule has 27 heavy (non-hydrogen) atoms. The average molecular weight is 397 g/mol. The van der Waals surface area contributed by atoms with Crippen molar-refractivity contribution < 1.29 is 22.7 Å². The largest absolute Gasteiger partial charge is 0.495 e. The second-order valence-corrected chi connectivity index (χ2v) is 8.96. The van der Waals surface area contributed by atoms with Gasteiger partial charge in [0.2, 0.25) is 15.9 Å². The SMILES string of the molecule is COc1ccc(NC(=O)C2(N)CCOCC2)cc1S(=O)(=O)N1CCCCC1. The number of hydrogen-bond acceptors (Lipinski definition) is 6. The molecule has 1 amide bonds. The Morgan fingerprint density at radius 2 is 1.89 bits per heavy atom. The fourth-order valence-electron chi connectivity index (χ4n) is 3.42. The summed E-state index contributed by atoms with van der Waals surface area (Å²) in [4.78, 5) is 12.7. The first-order valence-electron chi connectivity index (χ1n) is 9.23. The van der Waals surface area contributed by atoms with Crippen molar-refractivity contribution in [2.45, 2.75) is 42.5 Å². The predicted octanol–water partition coefficient (Wildman–Crippen LogP) is 1.32. The number of methoxy groups -OCH3 is 1. The number of nitrogens with two attached hydrogens (primary N) is 1. The van der Waals surface area contributed by atoms with Gasteiger partial charge in [0, 0.05) is 32.0 Å². The highest BCUT2D eigenvalue weighted by molar-refractivity contribution is 7.89. The molecule has 1 aromatic rings. The summed E-state index contributed by atoms with van der Waals surface area (Å²) in [5, 5.41) is 2.76. The molecule has 0 bridgehead atoms. The van der Waals surface area contributed by atoms with Gasteiger partial charge in [0.05, 0.1) is 7.11 Å². The Labute approximate surface area is 160 Å². The number of carbonyl (C=O) groups is 1. The number of rotatable bonds is 5. The maximum atomic E-state index is 13.1. The molecule has 0 saturated carbocycles. The van der Waals surface area contributed by atoms with Crippen LogP contribution in [-0.2, 0) is 19.6 Å². The summed E-state index contributed by atoms with van der Waals surface area (Å²) >= 11 is 0. The monoisotopic (exact) mass is 397 g/mol. The minimum Gasteiger partial charge on any atom is -0.495 e. The summed E-state index contributed by atoms with van der Waals surface area (Å²) in [6, 6.07) is 4.62. The van der Waals surface area contributed by atoms with Crippen molar-refractivity contribution in [1.82, 2.24) is 4.31 Å². The van der Waals surface area contributed by atoms with Gasteiger partial charge in [-0.25, -0.2) is 8.42 Å². The third-order valence-electron chi connectivity index (χ3n) is 5.19. The van der Waals surface area contributed by atoms with E-state index >= 15 is 0 Å². The van der Waals surface area contributed by atoms with E-state index in [-0.39, 0.29) is 16.6 Å². The van der Waals surface area contributed by atoms with Crippen LogP contribution in [0.4, 0.5) is 5.69 Å². The molecular formula is C18H27N3O5S. The molecule has 0 aromatic heterocycles. The molecule has 2 fully saturated rings. The number of hydrogen-bond donors (Lipinski definition) is 2. The van der Waals surface area contributed by atoms with Crippen molar-refractivity contribution in [1.29, 1.82) is 0 Å². The summed E-state index contributed by atoms with van der Waals surface area (Å²) in [7, 11) is -2.27. The Morgan fingerprint density at radius 1 is 1.22 bits per heavy atom. The number of sulfonamides is 1. The number of amides is 1. The van der Waals surface area contributed by atoms with Gasteiger partial charge in [-0.05, 0) is 43.9 Å². The summed E-state index contributed by atoms with van der Waals surface area (Å²) < 4.78 is 38.1. The standard InChI is InChI=1S/C18H27N3O5S/c1-25-15-6-5-14(20-17(22)18(19)7-11-26-12-8-18)13-16(15)27(23,24)21-9-3-2-4-10-21/h5-6,13H,2-4,7-12,19H2,1H3,(H,20,22). The van der Waals surface area contributed by atoms with Gasteiger partial charge in [0.15, 0.2) is 0 Å². The van der Waals surface area contributed by atoms with Gasteiger partial charge in [-0.1, -0.05) is 6.42 Å². The van der Waals surface area contributed by atoms with Crippen LogP contribution < -0.4 is 15.8 Å². The van der Waals surface area contributed by atoms with Crippen molar-refractivity contribution in [3.05, 3.63) is 18.2 Å². The lowest BCUT2D eigenvalue weighted by Crippen LogP contribution is -2.54. The Kier molecular flexibility index (Phi) is 6.05. The van der Waals surface area contributed by atoms with Crippen molar-refractivity contribution >= 4 is 21.6 Å². The first-order valence-corrected chi connectivity index (χ1v) is 10.7. The van der Waals surface area contributed by atoms with Gasteiger partial charge in [-0.15, -0.1) is 0 Å². The summed E-state index contributed by atoms with van der Waals surface area (Å²) in [5.74, 6) is -0.0793. The lowest BCUT2D eigenvalue weighted by atomic mass is 9.90. The van der Waals surface area contributed by atoms with Gasteiger partial charge in [-0.2, -0.15) is 4.31 Å². The molecule has 2 aliphatic rings. The van der Waals surface area contributed by atoms with E-state index in [1.807, 2.05) is 0 Å². The highest BCUT2D eigenvalue weighted by Gasteiger charge is 2.36. The van der Waals surface area contributed by atoms with Crippen LogP contribution in [0.15, 0.2) is 23.1 Å². The average Bonchev–Trinajstić information content (AvgIpc) is 2.69. The zero-order valence-electron chi connectivity index (χ0n) is 15.6. The first kappa shape index (κ1) is 20.1.